The largest absolute Gasteiger partial charge is 0.503 e. The average molecular weight is 435 g/mol. The van der Waals surface area contributed by atoms with Gasteiger partial charge in [-0.25, -0.2) is 4.79 Å². The monoisotopic (exact) mass is 434 g/mol. The van der Waals surface area contributed by atoms with Crippen LogP contribution in [0.1, 0.15) is 18.4 Å². The summed E-state index contributed by atoms with van der Waals surface area (Å²) in [6, 6.07) is 14.0. The third-order valence-corrected chi connectivity index (χ3v) is 7.07. The zero-order valence-electron chi connectivity index (χ0n) is 16.6. The zero-order chi connectivity index (χ0) is 21.7. The predicted octanol–water partition coefficient (Wildman–Crippen LogP) is 2.06. The molecule has 2 heterocycles. The van der Waals surface area contributed by atoms with Crippen molar-refractivity contribution < 1.29 is 23.4 Å². The summed E-state index contributed by atoms with van der Waals surface area (Å²) in [5, 5.41) is 13.9. The topological polar surface area (TPSA) is 123 Å². The first kappa shape index (κ1) is 22.0. The van der Waals surface area contributed by atoms with E-state index in [1.807, 2.05) is 30.3 Å². The second kappa shape index (κ2) is 9.41. The summed E-state index contributed by atoms with van der Waals surface area (Å²) in [6.45, 7) is 4.47. The number of pyridine rings is 1. The molecule has 4 rings (SSSR count). The molecule has 30 heavy (non-hydrogen) atoms. The van der Waals surface area contributed by atoms with E-state index in [0.717, 1.165) is 5.69 Å². The highest BCUT2D eigenvalue weighted by Gasteiger charge is 2.50. The van der Waals surface area contributed by atoms with Gasteiger partial charge in [0.2, 0.25) is 0 Å². The van der Waals surface area contributed by atoms with Crippen molar-refractivity contribution in [3.05, 3.63) is 60.4 Å². The Labute approximate surface area is 176 Å². The molecule has 2 fully saturated rings. The minimum Gasteiger partial charge on any atom is -0.450 e. The van der Waals surface area contributed by atoms with Crippen LogP contribution >= 0.6 is 0 Å². The average Bonchev–Trinajstić information content (AvgIpc) is 3.36. The summed E-state index contributed by atoms with van der Waals surface area (Å²) >= 11 is 0. The third-order valence-electron chi connectivity index (χ3n) is 5.45. The van der Waals surface area contributed by atoms with E-state index in [0.29, 0.717) is 32.1 Å². The molecule has 10 heteroatoms. The van der Waals surface area contributed by atoms with E-state index in [1.54, 1.807) is 16.7 Å². The summed E-state index contributed by atoms with van der Waals surface area (Å²) in [4.78, 5) is 14.8. The van der Waals surface area contributed by atoms with Gasteiger partial charge >= 0.3 is 6.16 Å². The van der Waals surface area contributed by atoms with Gasteiger partial charge in [-0.05, 0) is 23.6 Å². The molecule has 1 aliphatic heterocycles. The SMILES string of the molecule is C[C@H]1[C@H](NS(=O)(=O)N2CCN(c3ccncc3)CC2)[C@H]1c1ccccc1.O=C(O)O. The van der Waals surface area contributed by atoms with Gasteiger partial charge in [-0.15, -0.1) is 0 Å². The molecule has 0 amide bonds. The Morgan fingerprint density at radius 2 is 1.60 bits per heavy atom. The first-order valence-electron chi connectivity index (χ1n) is 9.69. The van der Waals surface area contributed by atoms with Crippen LogP contribution < -0.4 is 9.62 Å². The molecular weight excluding hydrogens is 408 g/mol. The van der Waals surface area contributed by atoms with Crippen LogP contribution in [-0.2, 0) is 10.2 Å². The van der Waals surface area contributed by atoms with Gasteiger partial charge in [-0.2, -0.15) is 17.4 Å². The van der Waals surface area contributed by atoms with E-state index in [4.69, 9.17) is 15.0 Å². The van der Waals surface area contributed by atoms with Crippen molar-refractivity contribution in [2.45, 2.75) is 18.9 Å². The Hall–Kier alpha value is -2.69. The molecule has 0 unspecified atom stereocenters. The fraction of sp³-hybridized carbons (Fsp3) is 0.400. The molecule has 1 aromatic heterocycles. The van der Waals surface area contributed by atoms with E-state index >= 15 is 0 Å². The zero-order valence-corrected chi connectivity index (χ0v) is 17.4. The molecule has 2 aromatic rings. The summed E-state index contributed by atoms with van der Waals surface area (Å²) in [5.74, 6) is 0.592. The lowest BCUT2D eigenvalue weighted by atomic mass is 10.1. The highest BCUT2D eigenvalue weighted by molar-refractivity contribution is 7.87. The van der Waals surface area contributed by atoms with Gasteiger partial charge in [-0.3, -0.25) is 4.98 Å². The number of nitrogens with one attached hydrogen (secondary N) is 1. The number of aromatic nitrogens is 1. The summed E-state index contributed by atoms with van der Waals surface area (Å²) in [7, 11) is -3.46. The van der Waals surface area contributed by atoms with Gasteiger partial charge in [0.25, 0.3) is 10.2 Å². The van der Waals surface area contributed by atoms with Gasteiger partial charge in [0, 0.05) is 56.2 Å². The molecule has 1 saturated heterocycles. The second-order valence-electron chi connectivity index (χ2n) is 7.32. The van der Waals surface area contributed by atoms with Crippen molar-refractivity contribution in [2.24, 2.45) is 5.92 Å². The van der Waals surface area contributed by atoms with Crippen molar-refractivity contribution in [2.75, 3.05) is 31.1 Å². The number of nitrogens with zero attached hydrogens (tertiary/aromatic N) is 3. The number of hydrogen-bond acceptors (Lipinski definition) is 5. The summed E-state index contributed by atoms with van der Waals surface area (Å²) in [5.41, 5.74) is 2.29. The Balaban J connectivity index is 0.000000589. The number of anilines is 1. The quantitative estimate of drug-likeness (QED) is 0.658. The fourth-order valence-corrected chi connectivity index (χ4v) is 5.32. The van der Waals surface area contributed by atoms with Crippen LogP contribution in [0.3, 0.4) is 0 Å². The first-order chi connectivity index (χ1) is 14.3. The van der Waals surface area contributed by atoms with Crippen LogP contribution in [0.4, 0.5) is 10.5 Å². The van der Waals surface area contributed by atoms with E-state index in [1.165, 1.54) is 5.56 Å². The minimum atomic E-state index is -3.46. The number of carboxylic acid groups (broad SMARTS) is 2. The lowest BCUT2D eigenvalue weighted by molar-refractivity contribution is 0.137. The number of hydrogen-bond donors (Lipinski definition) is 3. The van der Waals surface area contributed by atoms with E-state index in [2.05, 4.69) is 33.7 Å². The van der Waals surface area contributed by atoms with Crippen LogP contribution in [0.2, 0.25) is 0 Å². The lowest BCUT2D eigenvalue weighted by Gasteiger charge is -2.35. The smallest absolute Gasteiger partial charge is 0.450 e. The number of carbonyl (C=O) groups is 1. The van der Waals surface area contributed by atoms with E-state index in [9.17, 15) is 8.42 Å². The van der Waals surface area contributed by atoms with Gasteiger partial charge in [0.15, 0.2) is 0 Å². The molecule has 3 atom stereocenters. The predicted molar refractivity (Wildman–Crippen MR) is 113 cm³/mol. The van der Waals surface area contributed by atoms with Gasteiger partial charge < -0.3 is 15.1 Å². The molecule has 2 aliphatic rings. The number of rotatable bonds is 5. The van der Waals surface area contributed by atoms with Crippen LogP contribution in [0.25, 0.3) is 0 Å². The Bertz CT molecular complexity index is 930. The third kappa shape index (κ3) is 5.47. The first-order valence-corrected chi connectivity index (χ1v) is 11.1. The van der Waals surface area contributed by atoms with Crippen molar-refractivity contribution in [3.8, 4) is 0 Å². The molecule has 9 nitrogen and oxygen atoms in total. The minimum absolute atomic E-state index is 0.0133. The van der Waals surface area contributed by atoms with Crippen molar-refractivity contribution in [3.63, 3.8) is 0 Å². The molecule has 1 aromatic carbocycles. The fourth-order valence-electron chi connectivity index (χ4n) is 3.82. The lowest BCUT2D eigenvalue weighted by Crippen LogP contribution is -2.52. The van der Waals surface area contributed by atoms with Crippen molar-refractivity contribution in [1.82, 2.24) is 14.0 Å². The molecule has 3 N–H and O–H groups in total. The standard InChI is InChI=1S/C19H24N4O2S.CH2O3/c1-15-18(16-5-3-2-4-6-16)19(15)21-26(24,25)23-13-11-22(12-14-23)17-7-9-20-10-8-17;2-1(3)4/h2-10,15,18-19,21H,11-14H2,1H3;(H2,2,3,4)/t15-,18-,19+;/m1./s1. The van der Waals surface area contributed by atoms with E-state index in [-0.39, 0.29) is 12.0 Å². The van der Waals surface area contributed by atoms with Gasteiger partial charge in [-0.1, -0.05) is 37.3 Å². The summed E-state index contributed by atoms with van der Waals surface area (Å²) < 4.78 is 30.1. The van der Waals surface area contributed by atoms with E-state index < -0.39 is 16.4 Å². The Kier molecular flexibility index (Phi) is 6.91. The van der Waals surface area contributed by atoms with Crippen LogP contribution in [0.5, 0.6) is 0 Å². The summed E-state index contributed by atoms with van der Waals surface area (Å²) in [6.07, 6.45) is 1.69. The molecule has 1 saturated carbocycles. The van der Waals surface area contributed by atoms with Gasteiger partial charge in [0.05, 0.1) is 0 Å². The maximum absolute atomic E-state index is 12.8. The second-order valence-corrected chi connectivity index (χ2v) is 9.02. The highest BCUT2D eigenvalue weighted by Crippen LogP contribution is 2.47. The Morgan fingerprint density at radius 3 is 2.17 bits per heavy atom. The molecule has 1 aliphatic carbocycles. The Morgan fingerprint density at radius 1 is 1.03 bits per heavy atom. The number of benzene rings is 1. The maximum Gasteiger partial charge on any atom is 0.503 e. The van der Waals surface area contributed by atoms with Crippen LogP contribution in [0, 0.1) is 5.92 Å². The number of piperazine rings is 1. The molecular formula is C20H26N4O5S. The molecule has 0 bridgehead atoms. The van der Waals surface area contributed by atoms with Crippen LogP contribution in [0.15, 0.2) is 54.9 Å². The van der Waals surface area contributed by atoms with Gasteiger partial charge in [0.1, 0.15) is 0 Å². The molecule has 0 radical (unpaired) electrons. The highest BCUT2D eigenvalue weighted by atomic mass is 32.2. The van der Waals surface area contributed by atoms with Crippen molar-refractivity contribution in [1.29, 1.82) is 0 Å². The molecule has 0 spiro atoms. The normalized spacial score (nSPS) is 23.9. The maximum atomic E-state index is 12.8. The molecule has 162 valence electrons. The van der Waals surface area contributed by atoms with Crippen LogP contribution in [-0.4, -0.2) is 66.3 Å². The van der Waals surface area contributed by atoms with Crippen molar-refractivity contribution >= 4 is 22.1 Å².